The van der Waals surface area contributed by atoms with Gasteiger partial charge >= 0.3 is 0 Å². The number of halogens is 1. The van der Waals surface area contributed by atoms with Gasteiger partial charge in [0, 0.05) is 29.7 Å². The maximum Gasteiger partial charge on any atom is 0.169 e. The molecule has 0 aliphatic heterocycles. The van der Waals surface area contributed by atoms with Crippen molar-refractivity contribution in [2.75, 3.05) is 14.2 Å². The Hall–Kier alpha value is -0.710. The fraction of sp³-hybridized carbons (Fsp3) is 0.533. The van der Waals surface area contributed by atoms with Crippen molar-refractivity contribution in [3.63, 3.8) is 0 Å². The van der Waals surface area contributed by atoms with Gasteiger partial charge in [0.15, 0.2) is 5.78 Å². The molecule has 3 rings (SSSR count). The number of hydrogen-bond acceptors (Lipinski definition) is 3. The highest BCUT2D eigenvalue weighted by molar-refractivity contribution is 9.10. The number of methoxy groups -OCH3 is 2. The van der Waals surface area contributed by atoms with Crippen LogP contribution >= 0.6 is 15.9 Å². The van der Waals surface area contributed by atoms with E-state index in [9.17, 15) is 4.79 Å². The first-order valence-electron chi connectivity index (χ1n) is 6.48. The van der Waals surface area contributed by atoms with Crippen molar-refractivity contribution >= 4 is 21.7 Å². The first-order valence-corrected chi connectivity index (χ1v) is 7.28. The summed E-state index contributed by atoms with van der Waals surface area (Å²) in [6, 6.07) is 5.99. The van der Waals surface area contributed by atoms with Gasteiger partial charge in [-0.25, -0.2) is 0 Å². The van der Waals surface area contributed by atoms with E-state index >= 15 is 0 Å². The van der Waals surface area contributed by atoms with Crippen LogP contribution in [0.1, 0.15) is 28.8 Å². The number of ether oxygens (including phenoxy) is 2. The lowest BCUT2D eigenvalue weighted by molar-refractivity contribution is -0.0157. The Labute approximate surface area is 121 Å². The predicted molar refractivity (Wildman–Crippen MR) is 75.4 cm³/mol. The largest absolute Gasteiger partial charge is 0.379 e. The Balaban J connectivity index is 1.95. The number of carbonyl (C=O) groups excluding carboxylic acids is 1. The SMILES string of the molecule is COC1CC2(Cc3ccc(Br)cc3C2=O)CC1OC. The first-order chi connectivity index (χ1) is 9.09. The van der Waals surface area contributed by atoms with E-state index in [1.165, 1.54) is 0 Å². The maximum absolute atomic E-state index is 12.8. The molecular weight excluding hydrogens is 308 g/mol. The summed E-state index contributed by atoms with van der Waals surface area (Å²) < 4.78 is 11.9. The van der Waals surface area contributed by atoms with Crippen LogP contribution in [0.4, 0.5) is 0 Å². The number of fused-ring (bicyclic) bond motifs is 1. The highest BCUT2D eigenvalue weighted by atomic mass is 79.9. The second-order valence-corrected chi connectivity index (χ2v) is 6.46. The molecule has 19 heavy (non-hydrogen) atoms. The molecule has 2 aliphatic carbocycles. The van der Waals surface area contributed by atoms with Gasteiger partial charge in [0.1, 0.15) is 0 Å². The van der Waals surface area contributed by atoms with Gasteiger partial charge in [0.2, 0.25) is 0 Å². The Morgan fingerprint density at radius 1 is 1.21 bits per heavy atom. The Kier molecular flexibility index (Phi) is 3.28. The van der Waals surface area contributed by atoms with Gasteiger partial charge < -0.3 is 9.47 Å². The quantitative estimate of drug-likeness (QED) is 0.839. The summed E-state index contributed by atoms with van der Waals surface area (Å²) in [6.45, 7) is 0. The van der Waals surface area contributed by atoms with Gasteiger partial charge in [-0.05, 0) is 37.0 Å². The van der Waals surface area contributed by atoms with Crippen molar-refractivity contribution in [2.24, 2.45) is 5.41 Å². The fourth-order valence-corrected chi connectivity index (χ4v) is 3.92. The molecule has 4 heteroatoms. The summed E-state index contributed by atoms with van der Waals surface area (Å²) >= 11 is 3.44. The van der Waals surface area contributed by atoms with Crippen molar-refractivity contribution in [3.8, 4) is 0 Å². The van der Waals surface area contributed by atoms with E-state index in [1.54, 1.807) is 14.2 Å². The van der Waals surface area contributed by atoms with Crippen LogP contribution in [-0.2, 0) is 15.9 Å². The third-order valence-corrected chi connectivity index (χ3v) is 5.02. The minimum atomic E-state index is -0.315. The molecule has 1 spiro atoms. The van der Waals surface area contributed by atoms with Crippen molar-refractivity contribution in [2.45, 2.75) is 31.5 Å². The minimum absolute atomic E-state index is 0.0201. The van der Waals surface area contributed by atoms with E-state index < -0.39 is 0 Å². The molecule has 0 heterocycles. The topological polar surface area (TPSA) is 35.5 Å². The molecule has 0 bridgehead atoms. The number of carbonyl (C=O) groups is 1. The summed E-state index contributed by atoms with van der Waals surface area (Å²) in [5, 5.41) is 0. The van der Waals surface area contributed by atoms with Gasteiger partial charge in [-0.2, -0.15) is 0 Å². The van der Waals surface area contributed by atoms with Gasteiger partial charge in [-0.3, -0.25) is 4.79 Å². The smallest absolute Gasteiger partial charge is 0.169 e. The number of benzene rings is 1. The number of hydrogen-bond donors (Lipinski definition) is 0. The van der Waals surface area contributed by atoms with E-state index in [1.807, 2.05) is 18.2 Å². The molecule has 2 atom stereocenters. The van der Waals surface area contributed by atoms with E-state index in [2.05, 4.69) is 15.9 Å². The molecule has 2 unspecified atom stereocenters. The molecular formula is C15H17BrO3. The van der Waals surface area contributed by atoms with Gasteiger partial charge in [-0.1, -0.05) is 22.0 Å². The highest BCUT2D eigenvalue weighted by Gasteiger charge is 2.54. The third kappa shape index (κ3) is 1.97. The molecule has 0 saturated heterocycles. The fourth-order valence-electron chi connectivity index (χ4n) is 3.56. The van der Waals surface area contributed by atoms with Crippen LogP contribution < -0.4 is 0 Å². The summed E-state index contributed by atoms with van der Waals surface area (Å²) in [5.74, 6) is 0.255. The van der Waals surface area contributed by atoms with Gasteiger partial charge in [-0.15, -0.1) is 0 Å². The van der Waals surface area contributed by atoms with Crippen LogP contribution in [0.25, 0.3) is 0 Å². The first kappa shape index (κ1) is 13.3. The van der Waals surface area contributed by atoms with Crippen molar-refractivity contribution in [1.82, 2.24) is 0 Å². The molecule has 0 aromatic heterocycles. The molecule has 1 fully saturated rings. The second kappa shape index (κ2) is 4.69. The number of ketones is 1. The van der Waals surface area contributed by atoms with E-state index in [-0.39, 0.29) is 23.4 Å². The third-order valence-electron chi connectivity index (χ3n) is 4.53. The van der Waals surface area contributed by atoms with E-state index in [0.717, 1.165) is 34.9 Å². The molecule has 1 aromatic carbocycles. The lowest BCUT2D eigenvalue weighted by Gasteiger charge is -2.20. The maximum atomic E-state index is 12.8. The van der Waals surface area contributed by atoms with Crippen LogP contribution in [-0.4, -0.2) is 32.2 Å². The van der Waals surface area contributed by atoms with Crippen molar-refractivity contribution < 1.29 is 14.3 Å². The highest BCUT2D eigenvalue weighted by Crippen LogP contribution is 2.50. The van der Waals surface area contributed by atoms with E-state index in [0.29, 0.717) is 0 Å². The zero-order valence-corrected chi connectivity index (χ0v) is 12.7. The average molecular weight is 325 g/mol. The summed E-state index contributed by atoms with van der Waals surface area (Å²) in [6.07, 6.45) is 2.37. The van der Waals surface area contributed by atoms with Crippen LogP contribution in [0.3, 0.4) is 0 Å². The molecule has 0 N–H and O–H groups in total. The number of Topliss-reactive ketones (excluding diaryl/α,β-unsaturated/α-hetero) is 1. The van der Waals surface area contributed by atoms with Crippen molar-refractivity contribution in [3.05, 3.63) is 33.8 Å². The minimum Gasteiger partial charge on any atom is -0.379 e. The van der Waals surface area contributed by atoms with Crippen LogP contribution in [0, 0.1) is 5.41 Å². The molecule has 1 aromatic rings. The molecule has 0 amide bonds. The van der Waals surface area contributed by atoms with Crippen LogP contribution in [0.5, 0.6) is 0 Å². The Bertz CT molecular complexity index is 514. The lowest BCUT2D eigenvalue weighted by Crippen LogP contribution is -2.25. The van der Waals surface area contributed by atoms with Crippen LogP contribution in [0.15, 0.2) is 22.7 Å². The Morgan fingerprint density at radius 2 is 1.84 bits per heavy atom. The molecule has 2 aliphatic rings. The van der Waals surface area contributed by atoms with Gasteiger partial charge in [0.25, 0.3) is 0 Å². The van der Waals surface area contributed by atoms with Crippen LogP contribution in [0.2, 0.25) is 0 Å². The molecule has 102 valence electrons. The van der Waals surface area contributed by atoms with E-state index in [4.69, 9.17) is 9.47 Å². The zero-order chi connectivity index (χ0) is 13.6. The monoisotopic (exact) mass is 324 g/mol. The summed E-state index contributed by atoms with van der Waals surface area (Å²) in [5.41, 5.74) is 1.70. The molecule has 3 nitrogen and oxygen atoms in total. The zero-order valence-electron chi connectivity index (χ0n) is 11.1. The lowest BCUT2D eigenvalue weighted by atomic mass is 9.82. The van der Waals surface area contributed by atoms with Gasteiger partial charge in [0.05, 0.1) is 12.2 Å². The standard InChI is InChI=1S/C15H17BrO3/c1-18-12-7-15(8-13(12)19-2)6-9-3-4-10(16)5-11(9)14(15)17/h3-5,12-13H,6-8H2,1-2H3. The predicted octanol–water partition coefficient (Wildman–Crippen LogP) is 3.00. The van der Waals surface area contributed by atoms with Crippen molar-refractivity contribution in [1.29, 1.82) is 0 Å². The second-order valence-electron chi connectivity index (χ2n) is 5.54. The summed E-state index contributed by atoms with van der Waals surface area (Å²) in [7, 11) is 3.39. The average Bonchev–Trinajstić information content (AvgIpc) is 2.90. The Morgan fingerprint density at radius 3 is 2.42 bits per heavy atom. The number of rotatable bonds is 2. The molecule has 1 saturated carbocycles. The summed E-state index contributed by atoms with van der Waals surface area (Å²) in [4.78, 5) is 12.8. The normalized spacial score (nSPS) is 33.1. The molecule has 0 radical (unpaired) electrons.